The Balaban J connectivity index is 1.42. The number of rotatable bonds is 4. The van der Waals surface area contributed by atoms with Crippen molar-refractivity contribution in [2.45, 2.75) is 38.9 Å². The molecule has 0 spiro atoms. The van der Waals surface area contributed by atoms with Crippen molar-refractivity contribution in [3.63, 3.8) is 0 Å². The number of aryl methyl sites for hydroxylation is 2. The number of fused-ring (bicyclic) bond motifs is 1. The molecule has 3 aromatic carbocycles. The van der Waals surface area contributed by atoms with Crippen LogP contribution in [0.3, 0.4) is 0 Å². The van der Waals surface area contributed by atoms with Crippen molar-refractivity contribution in [2.75, 3.05) is 6.54 Å². The SMILES string of the molecule is Cc1ccc(C2c3ccccc3CCN2C(=O)Cc2nc(-c3ccc(C(F)(F)F)cc3)oc2C)cc1. The molecule has 36 heavy (non-hydrogen) atoms. The van der Waals surface area contributed by atoms with Gasteiger partial charge < -0.3 is 9.32 Å². The summed E-state index contributed by atoms with van der Waals surface area (Å²) in [6.07, 6.45) is -3.61. The first-order valence-corrected chi connectivity index (χ1v) is 11.8. The van der Waals surface area contributed by atoms with Gasteiger partial charge in [0.25, 0.3) is 0 Å². The minimum atomic E-state index is -4.41. The third-order valence-corrected chi connectivity index (χ3v) is 6.67. The van der Waals surface area contributed by atoms with Crippen molar-refractivity contribution < 1.29 is 22.4 Å². The number of nitrogens with zero attached hydrogens (tertiary/aromatic N) is 2. The summed E-state index contributed by atoms with van der Waals surface area (Å²) in [7, 11) is 0. The highest BCUT2D eigenvalue weighted by atomic mass is 19.4. The Morgan fingerprint density at radius 3 is 2.39 bits per heavy atom. The normalized spacial score (nSPS) is 15.6. The lowest BCUT2D eigenvalue weighted by atomic mass is 9.87. The average Bonchev–Trinajstić information content (AvgIpc) is 3.23. The summed E-state index contributed by atoms with van der Waals surface area (Å²) in [6.45, 7) is 4.33. The summed E-state index contributed by atoms with van der Waals surface area (Å²) in [4.78, 5) is 20.0. The maximum atomic E-state index is 13.6. The molecular formula is C29H25F3N2O2. The van der Waals surface area contributed by atoms with Crippen LogP contribution in [0.1, 0.15) is 45.3 Å². The molecule has 0 saturated carbocycles. The van der Waals surface area contributed by atoms with Crippen molar-refractivity contribution >= 4 is 5.91 Å². The van der Waals surface area contributed by atoms with Gasteiger partial charge in [0, 0.05) is 12.1 Å². The number of benzene rings is 3. The lowest BCUT2D eigenvalue weighted by Crippen LogP contribution is -2.41. The summed E-state index contributed by atoms with van der Waals surface area (Å²) in [5.41, 5.74) is 4.71. The van der Waals surface area contributed by atoms with Crippen molar-refractivity contribution in [1.82, 2.24) is 9.88 Å². The molecule has 1 aromatic heterocycles. The molecule has 184 valence electrons. The number of amides is 1. The van der Waals surface area contributed by atoms with E-state index in [1.807, 2.05) is 36.1 Å². The highest BCUT2D eigenvalue weighted by Gasteiger charge is 2.33. The van der Waals surface area contributed by atoms with Gasteiger partial charge in [-0.3, -0.25) is 4.79 Å². The van der Waals surface area contributed by atoms with Crippen LogP contribution in [0.25, 0.3) is 11.5 Å². The molecule has 1 aliphatic heterocycles. The molecule has 0 radical (unpaired) electrons. The van der Waals surface area contributed by atoms with E-state index >= 15 is 0 Å². The van der Waals surface area contributed by atoms with E-state index in [9.17, 15) is 18.0 Å². The first-order chi connectivity index (χ1) is 17.2. The summed E-state index contributed by atoms with van der Waals surface area (Å²) < 4.78 is 44.4. The molecule has 0 N–H and O–H groups in total. The van der Waals surface area contributed by atoms with Crippen LogP contribution in [0.15, 0.2) is 77.2 Å². The van der Waals surface area contributed by atoms with Crippen molar-refractivity contribution in [3.8, 4) is 11.5 Å². The van der Waals surface area contributed by atoms with Gasteiger partial charge in [-0.25, -0.2) is 4.98 Å². The number of halogens is 3. The lowest BCUT2D eigenvalue weighted by molar-refractivity contribution is -0.137. The number of carbonyl (C=O) groups excluding carboxylic acids is 1. The molecule has 1 atom stereocenters. The minimum Gasteiger partial charge on any atom is -0.441 e. The number of hydrogen-bond acceptors (Lipinski definition) is 3. The Hall–Kier alpha value is -3.87. The van der Waals surface area contributed by atoms with E-state index in [2.05, 4.69) is 29.2 Å². The van der Waals surface area contributed by atoms with Gasteiger partial charge in [-0.15, -0.1) is 0 Å². The highest BCUT2D eigenvalue weighted by molar-refractivity contribution is 5.80. The van der Waals surface area contributed by atoms with Crippen LogP contribution < -0.4 is 0 Å². The van der Waals surface area contributed by atoms with Crippen LogP contribution >= 0.6 is 0 Å². The largest absolute Gasteiger partial charge is 0.441 e. The topological polar surface area (TPSA) is 46.3 Å². The molecule has 0 bridgehead atoms. The Labute approximate surface area is 207 Å². The number of oxazole rings is 1. The molecule has 0 saturated heterocycles. The van der Waals surface area contributed by atoms with Crippen LogP contribution in [-0.4, -0.2) is 22.3 Å². The van der Waals surface area contributed by atoms with Gasteiger partial charge in [-0.1, -0.05) is 54.1 Å². The second-order valence-corrected chi connectivity index (χ2v) is 9.12. The van der Waals surface area contributed by atoms with Crippen LogP contribution in [-0.2, 0) is 23.8 Å². The van der Waals surface area contributed by atoms with Gasteiger partial charge in [-0.2, -0.15) is 13.2 Å². The minimum absolute atomic E-state index is 0.0422. The molecule has 1 aliphatic rings. The van der Waals surface area contributed by atoms with Gasteiger partial charge in [0.15, 0.2) is 0 Å². The zero-order chi connectivity index (χ0) is 25.4. The van der Waals surface area contributed by atoms with Crippen molar-refractivity contribution in [1.29, 1.82) is 0 Å². The Morgan fingerprint density at radius 2 is 1.69 bits per heavy atom. The third kappa shape index (κ3) is 4.65. The van der Waals surface area contributed by atoms with Crippen molar-refractivity contribution in [3.05, 3.63) is 112 Å². The second kappa shape index (κ2) is 9.30. The molecule has 1 amide bonds. The molecule has 4 aromatic rings. The zero-order valence-electron chi connectivity index (χ0n) is 20.0. The van der Waals surface area contributed by atoms with Crippen LogP contribution in [0.2, 0.25) is 0 Å². The van der Waals surface area contributed by atoms with Crippen LogP contribution in [0.4, 0.5) is 13.2 Å². The number of hydrogen-bond donors (Lipinski definition) is 0. The van der Waals surface area contributed by atoms with Gasteiger partial charge >= 0.3 is 6.18 Å². The summed E-state index contributed by atoms with van der Waals surface area (Å²) >= 11 is 0. The summed E-state index contributed by atoms with van der Waals surface area (Å²) in [5.74, 6) is 0.594. The van der Waals surface area contributed by atoms with Gasteiger partial charge in [0.2, 0.25) is 11.8 Å². The van der Waals surface area contributed by atoms with Gasteiger partial charge in [0.05, 0.1) is 23.7 Å². The third-order valence-electron chi connectivity index (χ3n) is 6.67. The predicted molar refractivity (Wildman–Crippen MR) is 130 cm³/mol. The fourth-order valence-corrected chi connectivity index (χ4v) is 4.71. The second-order valence-electron chi connectivity index (χ2n) is 9.12. The molecule has 5 rings (SSSR count). The van der Waals surface area contributed by atoms with Gasteiger partial charge in [-0.05, 0) is 61.2 Å². The van der Waals surface area contributed by atoms with E-state index in [4.69, 9.17) is 4.42 Å². The smallest absolute Gasteiger partial charge is 0.416 e. The van der Waals surface area contributed by atoms with Crippen LogP contribution in [0, 0.1) is 13.8 Å². The molecule has 4 nitrogen and oxygen atoms in total. The fraction of sp³-hybridized carbons (Fsp3) is 0.241. The molecule has 0 aliphatic carbocycles. The first kappa shape index (κ1) is 23.9. The Kier molecular flexibility index (Phi) is 6.16. The maximum absolute atomic E-state index is 13.6. The van der Waals surface area contributed by atoms with Crippen molar-refractivity contribution in [2.24, 2.45) is 0 Å². The first-order valence-electron chi connectivity index (χ1n) is 11.8. The molecule has 2 heterocycles. The quantitative estimate of drug-likeness (QED) is 0.320. The van der Waals surface area contributed by atoms with E-state index in [0.29, 0.717) is 23.6 Å². The monoisotopic (exact) mass is 490 g/mol. The van der Waals surface area contributed by atoms with Crippen LogP contribution in [0.5, 0.6) is 0 Å². The lowest BCUT2D eigenvalue weighted by Gasteiger charge is -2.38. The molecule has 1 unspecified atom stereocenters. The van der Waals surface area contributed by atoms with E-state index in [-0.39, 0.29) is 24.3 Å². The van der Waals surface area contributed by atoms with Gasteiger partial charge in [0.1, 0.15) is 5.76 Å². The number of aromatic nitrogens is 1. The number of alkyl halides is 3. The Bertz CT molecular complexity index is 1390. The maximum Gasteiger partial charge on any atom is 0.416 e. The van der Waals surface area contributed by atoms with E-state index in [1.165, 1.54) is 17.7 Å². The summed E-state index contributed by atoms with van der Waals surface area (Å²) in [6, 6.07) is 20.9. The predicted octanol–water partition coefficient (Wildman–Crippen LogP) is 6.69. The molecule has 0 fully saturated rings. The fourth-order valence-electron chi connectivity index (χ4n) is 4.71. The highest BCUT2D eigenvalue weighted by Crippen LogP contribution is 2.36. The Morgan fingerprint density at radius 1 is 1.00 bits per heavy atom. The standard InChI is InChI=1S/C29H25F3N2O2/c1-18-7-9-21(10-8-18)27-24-6-4-3-5-20(24)15-16-34(27)26(35)17-25-19(2)36-28(33-25)22-11-13-23(14-12-22)29(30,31)32/h3-14,27H,15-17H2,1-2H3. The van der Waals surface area contributed by atoms with E-state index in [0.717, 1.165) is 35.2 Å². The van der Waals surface area contributed by atoms with E-state index in [1.54, 1.807) is 6.92 Å². The van der Waals surface area contributed by atoms with E-state index < -0.39 is 11.7 Å². The zero-order valence-corrected chi connectivity index (χ0v) is 20.0. The average molecular weight is 491 g/mol. The summed E-state index contributed by atoms with van der Waals surface area (Å²) in [5, 5.41) is 0. The number of carbonyl (C=O) groups is 1. The molecular weight excluding hydrogens is 465 g/mol. The molecule has 7 heteroatoms.